The Morgan fingerprint density at radius 2 is 1.75 bits per heavy atom. The van der Waals surface area contributed by atoms with Crippen LogP contribution < -0.4 is 5.73 Å². The molecule has 0 aromatic heterocycles. The van der Waals surface area contributed by atoms with Crippen molar-refractivity contribution in [3.8, 4) is 0 Å². The molecular weight excluding hydrogens is 178 g/mol. The summed E-state index contributed by atoms with van der Waals surface area (Å²) >= 11 is 4.64. The molecule has 0 aromatic carbocycles. The fraction of sp³-hybridized carbons (Fsp3) is 0.875. The summed E-state index contributed by atoms with van der Waals surface area (Å²) in [5.41, 5.74) is 4.70. The van der Waals surface area contributed by atoms with Gasteiger partial charge in [0, 0.05) is 6.38 Å². The standard InChI is InChI=1S/C7H13NO2.CH3Cl/c8-7(6(9)10)4-2-1-3-5-7;1-2/h1-5,8H2,(H,9,10);1H3. The summed E-state index contributed by atoms with van der Waals surface area (Å²) in [6.45, 7) is 0. The number of nitrogens with two attached hydrogens (primary N) is 1. The van der Waals surface area contributed by atoms with Gasteiger partial charge in [-0.1, -0.05) is 19.3 Å². The van der Waals surface area contributed by atoms with Crippen molar-refractivity contribution < 1.29 is 9.90 Å². The summed E-state index contributed by atoms with van der Waals surface area (Å²) in [6.07, 6.45) is 5.81. The van der Waals surface area contributed by atoms with Crippen LogP contribution in [0.15, 0.2) is 0 Å². The second kappa shape index (κ2) is 5.38. The van der Waals surface area contributed by atoms with Crippen molar-refractivity contribution in [3.63, 3.8) is 0 Å². The Labute approximate surface area is 77.9 Å². The van der Waals surface area contributed by atoms with Crippen LogP contribution in [0.5, 0.6) is 0 Å². The molecule has 0 bridgehead atoms. The minimum atomic E-state index is -0.905. The van der Waals surface area contributed by atoms with E-state index in [-0.39, 0.29) is 0 Å². The van der Waals surface area contributed by atoms with E-state index >= 15 is 0 Å². The van der Waals surface area contributed by atoms with E-state index in [1.807, 2.05) is 0 Å². The van der Waals surface area contributed by atoms with Gasteiger partial charge in [-0.15, -0.1) is 11.6 Å². The maximum atomic E-state index is 10.6. The zero-order valence-electron chi connectivity index (χ0n) is 7.35. The molecule has 0 aliphatic heterocycles. The van der Waals surface area contributed by atoms with Crippen molar-refractivity contribution in [2.45, 2.75) is 37.6 Å². The normalized spacial score (nSPS) is 20.6. The summed E-state index contributed by atoms with van der Waals surface area (Å²) in [6, 6.07) is 0. The Bertz CT molecular complexity index is 144. The van der Waals surface area contributed by atoms with Gasteiger partial charge in [-0.3, -0.25) is 4.79 Å². The quantitative estimate of drug-likeness (QED) is 0.622. The fourth-order valence-electron chi connectivity index (χ4n) is 1.40. The van der Waals surface area contributed by atoms with Crippen LogP contribution in [0.25, 0.3) is 0 Å². The average molecular weight is 194 g/mol. The predicted octanol–water partition coefficient (Wildman–Crippen LogP) is 1.59. The van der Waals surface area contributed by atoms with Crippen LogP contribution >= 0.6 is 11.6 Å². The molecule has 1 aliphatic rings. The third kappa shape index (κ3) is 2.99. The second-order valence-corrected chi connectivity index (χ2v) is 3.02. The van der Waals surface area contributed by atoms with Crippen molar-refractivity contribution >= 4 is 17.6 Å². The Kier molecular flexibility index (Phi) is 5.25. The minimum Gasteiger partial charge on any atom is -0.480 e. The van der Waals surface area contributed by atoms with Gasteiger partial charge in [0.15, 0.2) is 0 Å². The van der Waals surface area contributed by atoms with E-state index in [2.05, 4.69) is 11.6 Å². The second-order valence-electron chi connectivity index (χ2n) is 3.02. The number of carbonyl (C=O) groups is 1. The van der Waals surface area contributed by atoms with E-state index in [0.29, 0.717) is 12.8 Å². The Morgan fingerprint density at radius 1 is 1.33 bits per heavy atom. The number of aliphatic carboxylic acids is 1. The lowest BCUT2D eigenvalue weighted by Crippen LogP contribution is -2.49. The van der Waals surface area contributed by atoms with E-state index in [0.717, 1.165) is 19.3 Å². The fourth-order valence-corrected chi connectivity index (χ4v) is 1.40. The van der Waals surface area contributed by atoms with Crippen LogP contribution in [0.3, 0.4) is 0 Å². The first-order chi connectivity index (χ1) is 5.65. The smallest absolute Gasteiger partial charge is 0.323 e. The van der Waals surface area contributed by atoms with Gasteiger partial charge >= 0.3 is 5.97 Å². The molecule has 1 fully saturated rings. The number of carboxylic acids is 1. The number of rotatable bonds is 1. The summed E-state index contributed by atoms with van der Waals surface area (Å²) < 4.78 is 0. The van der Waals surface area contributed by atoms with Gasteiger partial charge in [-0.25, -0.2) is 0 Å². The summed E-state index contributed by atoms with van der Waals surface area (Å²) in [4.78, 5) is 10.6. The molecule has 72 valence electrons. The molecule has 0 aromatic rings. The number of halogens is 1. The molecule has 0 saturated heterocycles. The number of hydrogen-bond donors (Lipinski definition) is 2. The van der Waals surface area contributed by atoms with Crippen LogP contribution in [0.4, 0.5) is 0 Å². The first-order valence-corrected chi connectivity index (χ1v) is 4.81. The van der Waals surface area contributed by atoms with E-state index in [1.54, 1.807) is 0 Å². The van der Waals surface area contributed by atoms with Crippen LogP contribution in [-0.4, -0.2) is 23.0 Å². The molecule has 0 unspecified atom stereocenters. The molecule has 0 atom stereocenters. The van der Waals surface area contributed by atoms with E-state index < -0.39 is 11.5 Å². The number of alkyl halides is 1. The Balaban J connectivity index is 0.000000561. The zero-order chi connectivity index (χ0) is 9.61. The van der Waals surface area contributed by atoms with Gasteiger partial charge in [0.2, 0.25) is 0 Å². The molecule has 0 spiro atoms. The molecule has 1 rings (SSSR count). The maximum absolute atomic E-state index is 10.6. The minimum absolute atomic E-state index is 0.641. The van der Waals surface area contributed by atoms with Crippen LogP contribution in [0.1, 0.15) is 32.1 Å². The largest absolute Gasteiger partial charge is 0.480 e. The summed E-state index contributed by atoms with van der Waals surface area (Å²) in [5, 5.41) is 8.67. The SMILES string of the molecule is CCl.NC1(C(=O)O)CCCCC1. The van der Waals surface area contributed by atoms with E-state index in [1.165, 1.54) is 6.38 Å². The first-order valence-electron chi connectivity index (χ1n) is 4.05. The molecule has 0 radical (unpaired) electrons. The summed E-state index contributed by atoms with van der Waals surface area (Å²) in [5.74, 6) is -0.841. The molecular formula is C8H16ClNO2. The lowest BCUT2D eigenvalue weighted by atomic mass is 9.83. The van der Waals surface area contributed by atoms with Gasteiger partial charge in [0.25, 0.3) is 0 Å². The highest BCUT2D eigenvalue weighted by Gasteiger charge is 2.34. The number of carboxylic acid groups (broad SMARTS) is 1. The topological polar surface area (TPSA) is 63.3 Å². The van der Waals surface area contributed by atoms with Gasteiger partial charge in [-0.2, -0.15) is 0 Å². The monoisotopic (exact) mass is 193 g/mol. The predicted molar refractivity (Wildman–Crippen MR) is 49.4 cm³/mol. The van der Waals surface area contributed by atoms with Crippen molar-refractivity contribution in [2.24, 2.45) is 5.73 Å². The summed E-state index contributed by atoms with van der Waals surface area (Å²) in [7, 11) is 0. The van der Waals surface area contributed by atoms with Gasteiger partial charge in [0.1, 0.15) is 5.54 Å². The highest BCUT2D eigenvalue weighted by atomic mass is 35.5. The molecule has 0 heterocycles. The Hall–Kier alpha value is -0.280. The van der Waals surface area contributed by atoms with Crippen LogP contribution in [-0.2, 0) is 4.79 Å². The lowest BCUT2D eigenvalue weighted by molar-refractivity contribution is -0.144. The molecule has 3 nitrogen and oxygen atoms in total. The van der Waals surface area contributed by atoms with Crippen LogP contribution in [0.2, 0.25) is 0 Å². The molecule has 1 saturated carbocycles. The van der Waals surface area contributed by atoms with Crippen molar-refractivity contribution in [1.82, 2.24) is 0 Å². The molecule has 0 amide bonds. The Morgan fingerprint density at radius 3 is 2.00 bits per heavy atom. The van der Waals surface area contributed by atoms with Crippen molar-refractivity contribution in [1.29, 1.82) is 0 Å². The molecule has 12 heavy (non-hydrogen) atoms. The molecule has 1 aliphatic carbocycles. The van der Waals surface area contributed by atoms with Gasteiger partial charge < -0.3 is 10.8 Å². The number of hydrogen-bond acceptors (Lipinski definition) is 2. The van der Waals surface area contributed by atoms with Gasteiger partial charge in [0.05, 0.1) is 0 Å². The third-order valence-corrected chi connectivity index (χ3v) is 2.17. The lowest BCUT2D eigenvalue weighted by Gasteiger charge is -2.28. The van der Waals surface area contributed by atoms with Crippen molar-refractivity contribution in [2.75, 3.05) is 6.38 Å². The van der Waals surface area contributed by atoms with E-state index in [9.17, 15) is 4.79 Å². The van der Waals surface area contributed by atoms with E-state index in [4.69, 9.17) is 10.8 Å². The van der Waals surface area contributed by atoms with Gasteiger partial charge in [-0.05, 0) is 12.8 Å². The zero-order valence-corrected chi connectivity index (χ0v) is 8.10. The maximum Gasteiger partial charge on any atom is 0.323 e. The van der Waals surface area contributed by atoms with Crippen LogP contribution in [0, 0.1) is 0 Å². The molecule has 3 N–H and O–H groups in total. The first kappa shape index (κ1) is 11.7. The molecule has 4 heteroatoms. The highest BCUT2D eigenvalue weighted by Crippen LogP contribution is 2.25. The van der Waals surface area contributed by atoms with Crippen molar-refractivity contribution in [3.05, 3.63) is 0 Å². The third-order valence-electron chi connectivity index (χ3n) is 2.17. The highest BCUT2D eigenvalue weighted by molar-refractivity contribution is 6.15. The average Bonchev–Trinajstić information content (AvgIpc) is 2.09.